The Bertz CT molecular complexity index is 326. The molecule has 1 aliphatic carbocycles. The lowest BCUT2D eigenvalue weighted by Crippen LogP contribution is -2.42. The van der Waals surface area contributed by atoms with Crippen molar-refractivity contribution >= 4 is 6.09 Å². The number of aliphatic hydroxyl groups is 1. The van der Waals surface area contributed by atoms with Gasteiger partial charge in [-0.1, -0.05) is 13.8 Å². The highest BCUT2D eigenvalue weighted by molar-refractivity contribution is 5.68. The average molecular weight is 300 g/mol. The lowest BCUT2D eigenvalue weighted by Gasteiger charge is -2.26. The van der Waals surface area contributed by atoms with Gasteiger partial charge in [0.05, 0.1) is 0 Å². The number of aliphatic hydroxyl groups excluding tert-OH is 1. The van der Waals surface area contributed by atoms with E-state index in [2.05, 4.69) is 24.5 Å². The van der Waals surface area contributed by atoms with Crippen molar-refractivity contribution in [3.05, 3.63) is 0 Å². The molecule has 3 unspecified atom stereocenters. The Morgan fingerprint density at radius 1 is 1.29 bits per heavy atom. The van der Waals surface area contributed by atoms with Gasteiger partial charge in [-0.15, -0.1) is 0 Å². The predicted octanol–water partition coefficient (Wildman–Crippen LogP) is 2.43. The van der Waals surface area contributed by atoms with Crippen LogP contribution in [0.1, 0.15) is 60.3 Å². The Labute approximate surface area is 128 Å². The second kappa shape index (κ2) is 7.99. The molecule has 3 N–H and O–H groups in total. The van der Waals surface area contributed by atoms with Gasteiger partial charge in [-0.3, -0.25) is 0 Å². The van der Waals surface area contributed by atoms with Gasteiger partial charge in [-0.2, -0.15) is 0 Å². The van der Waals surface area contributed by atoms with Gasteiger partial charge in [0.25, 0.3) is 0 Å². The Kier molecular flexibility index (Phi) is 6.94. The van der Waals surface area contributed by atoms with Gasteiger partial charge in [0.1, 0.15) is 5.60 Å². The minimum absolute atomic E-state index is 0.180. The number of ether oxygens (including phenoxy) is 1. The van der Waals surface area contributed by atoms with Crippen LogP contribution >= 0.6 is 0 Å². The van der Waals surface area contributed by atoms with E-state index in [1.54, 1.807) is 0 Å². The number of nitrogens with one attached hydrogen (secondary N) is 2. The van der Waals surface area contributed by atoms with Crippen LogP contribution in [0.2, 0.25) is 0 Å². The highest BCUT2D eigenvalue weighted by Crippen LogP contribution is 2.22. The highest BCUT2D eigenvalue weighted by atomic mass is 16.6. The van der Waals surface area contributed by atoms with E-state index in [0.717, 1.165) is 25.7 Å². The minimum Gasteiger partial charge on any atom is -0.444 e. The van der Waals surface area contributed by atoms with E-state index in [9.17, 15) is 4.79 Å². The first-order chi connectivity index (χ1) is 9.71. The van der Waals surface area contributed by atoms with Crippen LogP contribution in [-0.2, 0) is 4.74 Å². The maximum absolute atomic E-state index is 11.8. The molecule has 0 aliphatic heterocycles. The molecule has 0 radical (unpaired) electrons. The molecule has 0 saturated heterocycles. The summed E-state index contributed by atoms with van der Waals surface area (Å²) < 4.78 is 5.29. The highest BCUT2D eigenvalue weighted by Gasteiger charge is 2.29. The second-order valence-corrected chi connectivity index (χ2v) is 7.38. The van der Waals surface area contributed by atoms with E-state index in [0.29, 0.717) is 18.0 Å². The molecule has 1 saturated carbocycles. The molecule has 3 atom stereocenters. The molecule has 0 spiro atoms. The summed E-state index contributed by atoms with van der Waals surface area (Å²) in [5.74, 6) is 0.495. The van der Waals surface area contributed by atoms with Crippen molar-refractivity contribution < 1.29 is 14.6 Å². The molecule has 5 nitrogen and oxygen atoms in total. The summed E-state index contributed by atoms with van der Waals surface area (Å²) in [4.78, 5) is 11.8. The lowest BCUT2D eigenvalue weighted by molar-refractivity contribution is 0.0505. The van der Waals surface area contributed by atoms with Gasteiger partial charge in [0, 0.05) is 24.7 Å². The molecule has 1 amide bonds. The zero-order chi connectivity index (χ0) is 16.0. The van der Waals surface area contributed by atoms with Crippen molar-refractivity contribution in [1.82, 2.24) is 10.6 Å². The molecular formula is C16H32N2O3. The van der Waals surface area contributed by atoms with Crippen LogP contribution < -0.4 is 10.6 Å². The summed E-state index contributed by atoms with van der Waals surface area (Å²) in [5.41, 5.74) is -0.454. The summed E-state index contributed by atoms with van der Waals surface area (Å²) in [6, 6.07) is 0.920. The van der Waals surface area contributed by atoms with Gasteiger partial charge in [0.15, 0.2) is 0 Å². The first-order valence-corrected chi connectivity index (χ1v) is 8.07. The molecule has 21 heavy (non-hydrogen) atoms. The third-order valence-corrected chi connectivity index (χ3v) is 3.85. The average Bonchev–Trinajstić information content (AvgIpc) is 2.73. The fourth-order valence-electron chi connectivity index (χ4n) is 2.79. The Hall–Kier alpha value is -0.810. The van der Waals surface area contributed by atoms with Crippen molar-refractivity contribution in [2.24, 2.45) is 5.92 Å². The maximum atomic E-state index is 11.8. The van der Waals surface area contributed by atoms with Crippen LogP contribution in [0.5, 0.6) is 0 Å². The molecule has 0 aromatic rings. The molecule has 1 fully saturated rings. The molecule has 1 rings (SSSR count). The standard InChI is InChI=1S/C16H32N2O3/c1-11(2)14(8-9-19)17-12-6-7-13(10-12)18-15(20)21-16(3,4)5/h11-14,17,19H,6-10H2,1-5H3,(H,18,20). The summed E-state index contributed by atoms with van der Waals surface area (Å²) in [7, 11) is 0. The van der Waals surface area contributed by atoms with Crippen LogP contribution in [-0.4, -0.2) is 41.5 Å². The van der Waals surface area contributed by atoms with Gasteiger partial charge >= 0.3 is 6.09 Å². The van der Waals surface area contributed by atoms with E-state index in [1.165, 1.54) is 0 Å². The molecular weight excluding hydrogens is 268 g/mol. The first-order valence-electron chi connectivity index (χ1n) is 8.07. The SMILES string of the molecule is CC(C)C(CCO)NC1CCC(NC(=O)OC(C)(C)C)C1. The van der Waals surface area contributed by atoms with Crippen molar-refractivity contribution in [2.45, 2.75) is 84.0 Å². The van der Waals surface area contributed by atoms with Gasteiger partial charge in [-0.25, -0.2) is 4.79 Å². The van der Waals surface area contributed by atoms with Crippen molar-refractivity contribution in [2.75, 3.05) is 6.61 Å². The first kappa shape index (κ1) is 18.2. The van der Waals surface area contributed by atoms with Crippen LogP contribution in [0.3, 0.4) is 0 Å². The van der Waals surface area contributed by atoms with Crippen molar-refractivity contribution in [3.63, 3.8) is 0 Å². The van der Waals surface area contributed by atoms with E-state index in [1.807, 2.05) is 20.8 Å². The van der Waals surface area contributed by atoms with Crippen LogP contribution in [0, 0.1) is 5.92 Å². The molecule has 124 valence electrons. The second-order valence-electron chi connectivity index (χ2n) is 7.38. The zero-order valence-electron chi connectivity index (χ0n) is 14.1. The number of carbonyl (C=O) groups is 1. The molecule has 0 bridgehead atoms. The topological polar surface area (TPSA) is 70.6 Å². The number of rotatable bonds is 6. The van der Waals surface area contributed by atoms with Gasteiger partial charge < -0.3 is 20.5 Å². The third kappa shape index (κ3) is 7.14. The van der Waals surface area contributed by atoms with E-state index in [4.69, 9.17) is 9.84 Å². The summed E-state index contributed by atoms with van der Waals surface area (Å²) in [5, 5.41) is 15.7. The molecule has 5 heteroatoms. The lowest BCUT2D eigenvalue weighted by atomic mass is 10.00. The number of hydrogen-bond donors (Lipinski definition) is 3. The summed E-state index contributed by atoms with van der Waals surface area (Å²) in [6.45, 7) is 10.1. The Morgan fingerprint density at radius 3 is 2.43 bits per heavy atom. The molecule has 0 heterocycles. The molecule has 1 aliphatic rings. The van der Waals surface area contributed by atoms with Crippen molar-refractivity contribution in [3.8, 4) is 0 Å². The van der Waals surface area contributed by atoms with Gasteiger partial charge in [-0.05, 0) is 52.4 Å². The number of hydrogen-bond acceptors (Lipinski definition) is 4. The Morgan fingerprint density at radius 2 is 1.90 bits per heavy atom. The monoisotopic (exact) mass is 300 g/mol. The quantitative estimate of drug-likeness (QED) is 0.704. The summed E-state index contributed by atoms with van der Waals surface area (Å²) >= 11 is 0. The maximum Gasteiger partial charge on any atom is 0.407 e. The van der Waals surface area contributed by atoms with Crippen LogP contribution in [0.4, 0.5) is 4.79 Å². The van der Waals surface area contributed by atoms with E-state index in [-0.39, 0.29) is 18.7 Å². The number of amides is 1. The molecule has 0 aromatic carbocycles. The third-order valence-electron chi connectivity index (χ3n) is 3.85. The van der Waals surface area contributed by atoms with E-state index < -0.39 is 5.60 Å². The Balaban J connectivity index is 2.36. The number of carbonyl (C=O) groups excluding carboxylic acids is 1. The number of alkyl carbamates (subject to hydrolysis) is 1. The van der Waals surface area contributed by atoms with Gasteiger partial charge in [0.2, 0.25) is 0 Å². The van der Waals surface area contributed by atoms with Crippen LogP contribution in [0.15, 0.2) is 0 Å². The minimum atomic E-state index is -0.454. The normalized spacial score (nSPS) is 24.1. The predicted molar refractivity (Wildman–Crippen MR) is 84.3 cm³/mol. The van der Waals surface area contributed by atoms with Crippen molar-refractivity contribution in [1.29, 1.82) is 0 Å². The smallest absolute Gasteiger partial charge is 0.407 e. The summed E-state index contributed by atoms with van der Waals surface area (Å²) in [6.07, 6.45) is 3.39. The fraction of sp³-hybridized carbons (Fsp3) is 0.938. The largest absolute Gasteiger partial charge is 0.444 e. The van der Waals surface area contributed by atoms with Crippen LogP contribution in [0.25, 0.3) is 0 Å². The fourth-order valence-corrected chi connectivity index (χ4v) is 2.79. The zero-order valence-corrected chi connectivity index (χ0v) is 14.1. The van der Waals surface area contributed by atoms with E-state index >= 15 is 0 Å². The molecule has 0 aromatic heterocycles.